The van der Waals surface area contributed by atoms with Crippen LogP contribution in [0.25, 0.3) is 10.9 Å². The molecule has 0 unspecified atom stereocenters. The monoisotopic (exact) mass is 396 g/mol. The quantitative estimate of drug-likeness (QED) is 0.580. The number of aromatic nitrogens is 3. The SMILES string of the molecule is COc1cc2ncn(CCCC(=O)N(C)Cc3ccccn3)c(=O)c2cc1OC. The van der Waals surface area contributed by atoms with Crippen molar-refractivity contribution in [3.8, 4) is 11.5 Å². The number of fused-ring (bicyclic) bond motifs is 1. The summed E-state index contributed by atoms with van der Waals surface area (Å²) in [6.45, 7) is 0.859. The summed E-state index contributed by atoms with van der Waals surface area (Å²) in [5, 5.41) is 0.448. The number of ether oxygens (including phenoxy) is 2. The molecule has 2 aromatic heterocycles. The Morgan fingerprint density at radius 1 is 1.14 bits per heavy atom. The first-order valence-electron chi connectivity index (χ1n) is 9.28. The molecule has 0 bridgehead atoms. The third-order valence-electron chi connectivity index (χ3n) is 4.67. The lowest BCUT2D eigenvalue weighted by atomic mass is 10.2. The Kier molecular flexibility index (Phi) is 6.43. The largest absolute Gasteiger partial charge is 0.493 e. The van der Waals surface area contributed by atoms with Crippen molar-refractivity contribution >= 4 is 16.8 Å². The van der Waals surface area contributed by atoms with E-state index in [1.807, 2.05) is 18.2 Å². The molecule has 8 nitrogen and oxygen atoms in total. The molecule has 0 fully saturated rings. The van der Waals surface area contributed by atoms with E-state index < -0.39 is 0 Å². The molecule has 3 aromatic rings. The summed E-state index contributed by atoms with van der Waals surface area (Å²) in [6.07, 6.45) is 4.07. The van der Waals surface area contributed by atoms with Crippen LogP contribution in [-0.2, 0) is 17.9 Å². The van der Waals surface area contributed by atoms with E-state index in [1.165, 1.54) is 25.1 Å². The maximum Gasteiger partial charge on any atom is 0.261 e. The zero-order chi connectivity index (χ0) is 20.8. The van der Waals surface area contributed by atoms with Gasteiger partial charge in [-0.3, -0.25) is 19.1 Å². The van der Waals surface area contributed by atoms with E-state index in [0.29, 0.717) is 48.3 Å². The van der Waals surface area contributed by atoms with Gasteiger partial charge >= 0.3 is 0 Å². The van der Waals surface area contributed by atoms with Crippen LogP contribution in [0, 0.1) is 0 Å². The van der Waals surface area contributed by atoms with Gasteiger partial charge in [0, 0.05) is 32.3 Å². The Hall–Kier alpha value is -3.42. The first-order valence-corrected chi connectivity index (χ1v) is 9.28. The van der Waals surface area contributed by atoms with Gasteiger partial charge in [-0.25, -0.2) is 4.98 Å². The lowest BCUT2D eigenvalue weighted by Gasteiger charge is -2.17. The van der Waals surface area contributed by atoms with E-state index >= 15 is 0 Å². The topological polar surface area (TPSA) is 86.6 Å². The van der Waals surface area contributed by atoms with Crippen LogP contribution in [0.3, 0.4) is 0 Å². The molecule has 0 saturated carbocycles. The normalized spacial score (nSPS) is 10.7. The molecular weight excluding hydrogens is 372 g/mol. The van der Waals surface area contributed by atoms with Gasteiger partial charge in [0.25, 0.3) is 5.56 Å². The van der Waals surface area contributed by atoms with Crippen LogP contribution in [0.15, 0.2) is 47.7 Å². The molecule has 0 spiro atoms. The van der Waals surface area contributed by atoms with Crippen molar-refractivity contribution in [2.24, 2.45) is 0 Å². The molecule has 2 heterocycles. The van der Waals surface area contributed by atoms with Gasteiger partial charge in [0.2, 0.25) is 5.91 Å². The predicted molar refractivity (Wildman–Crippen MR) is 109 cm³/mol. The number of carbonyl (C=O) groups excluding carboxylic acids is 1. The molecule has 0 radical (unpaired) electrons. The summed E-state index contributed by atoms with van der Waals surface area (Å²) in [6, 6.07) is 8.92. The van der Waals surface area contributed by atoms with Gasteiger partial charge < -0.3 is 14.4 Å². The van der Waals surface area contributed by atoms with E-state index in [0.717, 1.165) is 5.69 Å². The first-order chi connectivity index (χ1) is 14.0. The van der Waals surface area contributed by atoms with Crippen LogP contribution in [0.1, 0.15) is 18.5 Å². The van der Waals surface area contributed by atoms with Crippen molar-refractivity contribution < 1.29 is 14.3 Å². The Morgan fingerprint density at radius 3 is 2.59 bits per heavy atom. The number of rotatable bonds is 8. The number of amides is 1. The summed E-state index contributed by atoms with van der Waals surface area (Å²) in [5.74, 6) is 0.998. The number of nitrogens with zero attached hydrogens (tertiary/aromatic N) is 4. The molecule has 1 amide bonds. The lowest BCUT2D eigenvalue weighted by Crippen LogP contribution is -2.27. The van der Waals surface area contributed by atoms with Crippen LogP contribution in [0.2, 0.25) is 0 Å². The second-order valence-corrected chi connectivity index (χ2v) is 6.64. The van der Waals surface area contributed by atoms with Crippen molar-refractivity contribution in [2.45, 2.75) is 25.9 Å². The molecule has 8 heteroatoms. The maximum absolute atomic E-state index is 12.8. The van der Waals surface area contributed by atoms with Crippen molar-refractivity contribution in [1.29, 1.82) is 0 Å². The summed E-state index contributed by atoms with van der Waals surface area (Å²) < 4.78 is 12.0. The fourth-order valence-electron chi connectivity index (χ4n) is 3.06. The smallest absolute Gasteiger partial charge is 0.261 e. The summed E-state index contributed by atoms with van der Waals surface area (Å²) in [5.41, 5.74) is 1.20. The van der Waals surface area contributed by atoms with Crippen LogP contribution in [0.4, 0.5) is 0 Å². The van der Waals surface area contributed by atoms with Crippen LogP contribution >= 0.6 is 0 Å². The standard InChI is InChI=1S/C21H24N4O4/c1-24(13-15-7-4-5-9-22-15)20(26)8-6-10-25-14-23-17-12-19(29-3)18(28-2)11-16(17)21(25)27/h4-5,7,9,11-12,14H,6,8,10,13H2,1-3H3. The van der Waals surface area contributed by atoms with Gasteiger partial charge in [-0.2, -0.15) is 0 Å². The number of hydrogen-bond acceptors (Lipinski definition) is 6. The van der Waals surface area contributed by atoms with E-state index in [1.54, 1.807) is 30.3 Å². The molecule has 0 aliphatic carbocycles. The van der Waals surface area contributed by atoms with E-state index in [2.05, 4.69) is 9.97 Å². The number of methoxy groups -OCH3 is 2. The predicted octanol–water partition coefficient (Wildman–Crippen LogP) is 2.25. The van der Waals surface area contributed by atoms with Gasteiger partial charge in [-0.15, -0.1) is 0 Å². The minimum atomic E-state index is -0.176. The Balaban J connectivity index is 1.65. The maximum atomic E-state index is 12.8. The van der Waals surface area contributed by atoms with E-state index in [-0.39, 0.29) is 11.5 Å². The van der Waals surface area contributed by atoms with Crippen LogP contribution in [0.5, 0.6) is 11.5 Å². The molecule has 29 heavy (non-hydrogen) atoms. The molecule has 0 atom stereocenters. The third-order valence-corrected chi connectivity index (χ3v) is 4.67. The fraction of sp³-hybridized carbons (Fsp3) is 0.333. The summed E-state index contributed by atoms with van der Waals surface area (Å²) >= 11 is 0. The Morgan fingerprint density at radius 2 is 1.90 bits per heavy atom. The van der Waals surface area contributed by atoms with Gasteiger partial charge in [-0.1, -0.05) is 6.07 Å². The number of hydrogen-bond donors (Lipinski definition) is 0. The molecule has 3 rings (SSSR count). The molecule has 152 valence electrons. The van der Waals surface area contributed by atoms with Gasteiger partial charge in [0.05, 0.1) is 43.7 Å². The van der Waals surface area contributed by atoms with Crippen molar-refractivity contribution in [3.63, 3.8) is 0 Å². The minimum Gasteiger partial charge on any atom is -0.493 e. The zero-order valence-corrected chi connectivity index (χ0v) is 16.8. The number of pyridine rings is 1. The molecule has 0 saturated heterocycles. The molecular formula is C21H24N4O4. The van der Waals surface area contributed by atoms with Crippen LogP contribution < -0.4 is 15.0 Å². The summed E-state index contributed by atoms with van der Waals surface area (Å²) in [7, 11) is 4.80. The Bertz CT molecular complexity index is 1050. The average Bonchev–Trinajstić information content (AvgIpc) is 2.75. The molecule has 0 aliphatic rings. The van der Waals surface area contributed by atoms with Crippen LogP contribution in [-0.4, -0.2) is 46.6 Å². The minimum absolute atomic E-state index is 0.00357. The average molecular weight is 396 g/mol. The van der Waals surface area contributed by atoms with Gasteiger partial charge in [0.1, 0.15) is 0 Å². The van der Waals surface area contributed by atoms with E-state index in [9.17, 15) is 9.59 Å². The van der Waals surface area contributed by atoms with Crippen molar-refractivity contribution in [2.75, 3.05) is 21.3 Å². The molecule has 0 N–H and O–H groups in total. The summed E-state index contributed by atoms with van der Waals surface area (Å²) in [4.78, 5) is 35.3. The van der Waals surface area contributed by atoms with Crippen molar-refractivity contribution in [1.82, 2.24) is 19.4 Å². The Labute approximate surface area is 168 Å². The second kappa shape index (κ2) is 9.18. The number of aryl methyl sites for hydroxylation is 1. The fourth-order valence-corrected chi connectivity index (χ4v) is 3.06. The lowest BCUT2D eigenvalue weighted by molar-refractivity contribution is -0.130. The molecule has 1 aromatic carbocycles. The highest BCUT2D eigenvalue weighted by atomic mass is 16.5. The molecule has 0 aliphatic heterocycles. The van der Waals surface area contributed by atoms with E-state index in [4.69, 9.17) is 9.47 Å². The number of benzene rings is 1. The first kappa shape index (κ1) is 20.3. The van der Waals surface area contributed by atoms with Gasteiger partial charge in [0.15, 0.2) is 11.5 Å². The highest BCUT2D eigenvalue weighted by Gasteiger charge is 2.13. The third kappa shape index (κ3) is 4.71. The zero-order valence-electron chi connectivity index (χ0n) is 16.8. The number of carbonyl (C=O) groups is 1. The van der Waals surface area contributed by atoms with Gasteiger partial charge in [-0.05, 0) is 24.6 Å². The second-order valence-electron chi connectivity index (χ2n) is 6.64. The van der Waals surface area contributed by atoms with Crippen molar-refractivity contribution in [3.05, 3.63) is 58.9 Å². The highest BCUT2D eigenvalue weighted by Crippen LogP contribution is 2.29. The highest BCUT2D eigenvalue weighted by molar-refractivity contribution is 5.81.